The quantitative estimate of drug-likeness (QED) is 0.102. The molecule has 0 saturated heterocycles. The minimum Gasteiger partial charge on any atom is -0.449 e. The SMILES string of the molecule is C=CCCN(CCC=C)C(=O)OCc1ccccc1.C=CCCN(CCC=C)Cc1ccccc1.O=C(Cl)OCc1ccccc1. The number of rotatable bonds is 18. The summed E-state index contributed by atoms with van der Waals surface area (Å²) in [6, 6.07) is 29.6. The van der Waals surface area contributed by atoms with E-state index in [-0.39, 0.29) is 12.7 Å². The molecular weight excluding hydrogens is 596 g/mol. The smallest absolute Gasteiger partial charge is 0.410 e. The second-order valence-corrected chi connectivity index (χ2v) is 10.4. The molecule has 246 valence electrons. The summed E-state index contributed by atoms with van der Waals surface area (Å²) in [5.41, 5.74) is 2.52. The Hall–Kier alpha value is -4.39. The van der Waals surface area contributed by atoms with Crippen molar-refractivity contribution in [1.82, 2.24) is 9.80 Å². The first-order valence-electron chi connectivity index (χ1n) is 15.4. The molecule has 3 aromatic carbocycles. The molecule has 3 rings (SSSR count). The van der Waals surface area contributed by atoms with Crippen LogP contribution in [0.5, 0.6) is 0 Å². The molecular formula is C39H49ClN2O4. The van der Waals surface area contributed by atoms with Gasteiger partial charge in [0.1, 0.15) is 13.2 Å². The van der Waals surface area contributed by atoms with Crippen LogP contribution in [0.2, 0.25) is 0 Å². The molecule has 0 fully saturated rings. The zero-order chi connectivity index (χ0) is 33.7. The molecule has 7 heteroatoms. The molecule has 0 aromatic heterocycles. The molecule has 0 bridgehead atoms. The molecule has 6 nitrogen and oxygen atoms in total. The van der Waals surface area contributed by atoms with Crippen LogP contribution in [0.4, 0.5) is 9.59 Å². The number of amides is 1. The number of carbonyl (C=O) groups is 2. The fourth-order valence-electron chi connectivity index (χ4n) is 3.97. The zero-order valence-electron chi connectivity index (χ0n) is 27.0. The highest BCUT2D eigenvalue weighted by Crippen LogP contribution is 2.07. The number of nitrogens with zero attached hydrogens (tertiary/aromatic N) is 2. The average Bonchev–Trinajstić information content (AvgIpc) is 3.09. The van der Waals surface area contributed by atoms with Crippen LogP contribution in [-0.2, 0) is 29.2 Å². The van der Waals surface area contributed by atoms with Gasteiger partial charge >= 0.3 is 11.5 Å². The van der Waals surface area contributed by atoms with Crippen LogP contribution >= 0.6 is 11.6 Å². The maximum atomic E-state index is 12.0. The predicted octanol–water partition coefficient (Wildman–Crippen LogP) is 9.98. The number of hydrogen-bond donors (Lipinski definition) is 0. The maximum Gasteiger partial charge on any atom is 0.410 e. The summed E-state index contributed by atoms with van der Waals surface area (Å²) in [4.78, 5) is 26.3. The molecule has 0 N–H and O–H groups in total. The van der Waals surface area contributed by atoms with Crippen molar-refractivity contribution < 1.29 is 19.1 Å². The third-order valence-electron chi connectivity index (χ3n) is 6.41. The van der Waals surface area contributed by atoms with Crippen molar-refractivity contribution in [3.63, 3.8) is 0 Å². The highest BCUT2D eigenvalue weighted by Gasteiger charge is 2.13. The van der Waals surface area contributed by atoms with E-state index >= 15 is 0 Å². The second kappa shape index (κ2) is 27.0. The Balaban J connectivity index is 0.000000357. The van der Waals surface area contributed by atoms with Gasteiger partial charge in [-0.25, -0.2) is 9.59 Å². The van der Waals surface area contributed by atoms with Crippen molar-refractivity contribution in [2.45, 2.75) is 45.4 Å². The molecule has 1 amide bonds. The topological polar surface area (TPSA) is 59.1 Å². The lowest BCUT2D eigenvalue weighted by atomic mass is 10.2. The van der Waals surface area contributed by atoms with E-state index in [9.17, 15) is 9.59 Å². The van der Waals surface area contributed by atoms with Gasteiger partial charge in [0.25, 0.3) is 0 Å². The minimum atomic E-state index is -0.770. The van der Waals surface area contributed by atoms with Crippen LogP contribution in [0.3, 0.4) is 0 Å². The normalized spacial score (nSPS) is 9.78. The van der Waals surface area contributed by atoms with Crippen molar-refractivity contribution in [2.75, 3.05) is 26.2 Å². The Labute approximate surface area is 281 Å². The number of benzene rings is 3. The summed E-state index contributed by atoms with van der Waals surface area (Å²) >= 11 is 4.97. The van der Waals surface area contributed by atoms with Crippen molar-refractivity contribution in [1.29, 1.82) is 0 Å². The van der Waals surface area contributed by atoms with Gasteiger partial charge in [-0.15, -0.1) is 26.3 Å². The Kier molecular flexibility index (Phi) is 23.2. The third-order valence-corrected chi connectivity index (χ3v) is 6.52. The first kappa shape index (κ1) is 39.6. The van der Waals surface area contributed by atoms with Gasteiger partial charge in [-0.3, -0.25) is 4.90 Å². The summed E-state index contributed by atoms with van der Waals surface area (Å²) in [7, 11) is 0. The van der Waals surface area contributed by atoms with Crippen LogP contribution in [0.15, 0.2) is 142 Å². The summed E-state index contributed by atoms with van der Waals surface area (Å²) in [6.07, 6.45) is 10.9. The molecule has 0 radical (unpaired) electrons. The molecule has 0 spiro atoms. The van der Waals surface area contributed by atoms with Gasteiger partial charge in [-0.2, -0.15) is 0 Å². The number of halogens is 1. The summed E-state index contributed by atoms with van der Waals surface area (Å²) in [6.45, 7) is 19.9. The molecule has 0 aliphatic heterocycles. The van der Waals surface area contributed by atoms with E-state index in [4.69, 9.17) is 16.3 Å². The highest BCUT2D eigenvalue weighted by molar-refractivity contribution is 6.61. The largest absolute Gasteiger partial charge is 0.449 e. The third kappa shape index (κ3) is 20.5. The lowest BCUT2D eigenvalue weighted by Crippen LogP contribution is -2.33. The standard InChI is InChI=1S/C16H21NO2.C15H21N.C8H7ClO2/c1-3-5-12-17(13-6-4-2)16(18)19-14-15-10-8-7-9-11-15;1-3-5-12-16(13-6-4-2)14-15-10-8-7-9-11-15;9-8(10)11-6-7-4-2-1-3-5-7/h3-4,7-11H,1-2,5-6,12-14H2;3-4,7-11H,1-2,5-6,12-14H2;1-5H,6H2. The fraction of sp³-hybridized carbons (Fsp3) is 0.282. The zero-order valence-corrected chi connectivity index (χ0v) is 27.7. The van der Waals surface area contributed by atoms with E-state index in [1.165, 1.54) is 5.56 Å². The molecule has 46 heavy (non-hydrogen) atoms. The van der Waals surface area contributed by atoms with Gasteiger partial charge in [-0.05, 0) is 42.4 Å². The van der Waals surface area contributed by atoms with E-state index in [1.54, 1.807) is 17.1 Å². The lowest BCUT2D eigenvalue weighted by Gasteiger charge is -2.21. The second-order valence-electron chi connectivity index (χ2n) is 10.1. The molecule has 0 aliphatic carbocycles. The summed E-state index contributed by atoms with van der Waals surface area (Å²) in [5, 5.41) is 0. The van der Waals surface area contributed by atoms with Gasteiger partial charge in [0.05, 0.1) is 0 Å². The van der Waals surface area contributed by atoms with Crippen molar-refractivity contribution in [2.24, 2.45) is 0 Å². The van der Waals surface area contributed by atoms with E-state index in [0.717, 1.165) is 56.4 Å². The molecule has 0 aliphatic rings. The van der Waals surface area contributed by atoms with Crippen molar-refractivity contribution >= 4 is 23.1 Å². The highest BCUT2D eigenvalue weighted by atomic mass is 35.5. The Morgan fingerprint density at radius 3 is 1.33 bits per heavy atom. The lowest BCUT2D eigenvalue weighted by molar-refractivity contribution is 0.0973. The average molecular weight is 645 g/mol. The molecule has 0 heterocycles. The Morgan fingerprint density at radius 1 is 0.565 bits per heavy atom. The number of hydrogen-bond acceptors (Lipinski definition) is 5. The van der Waals surface area contributed by atoms with Gasteiger partial charge in [-0.1, -0.05) is 115 Å². The van der Waals surface area contributed by atoms with Crippen LogP contribution in [0.25, 0.3) is 0 Å². The molecule has 0 unspecified atom stereocenters. The number of ether oxygens (including phenoxy) is 2. The maximum absolute atomic E-state index is 12.0. The Bertz CT molecular complexity index is 1230. The molecule has 0 atom stereocenters. The van der Waals surface area contributed by atoms with E-state index in [0.29, 0.717) is 19.7 Å². The minimum absolute atomic E-state index is 0.239. The summed E-state index contributed by atoms with van der Waals surface area (Å²) in [5.74, 6) is 0. The van der Waals surface area contributed by atoms with Crippen LogP contribution in [0.1, 0.15) is 42.4 Å². The summed E-state index contributed by atoms with van der Waals surface area (Å²) < 4.78 is 9.86. The molecule has 0 saturated carbocycles. The van der Waals surface area contributed by atoms with Crippen LogP contribution < -0.4 is 0 Å². The van der Waals surface area contributed by atoms with Gasteiger partial charge in [0.15, 0.2) is 0 Å². The van der Waals surface area contributed by atoms with E-state index in [1.807, 2.05) is 72.8 Å². The molecule has 3 aromatic rings. The van der Waals surface area contributed by atoms with Gasteiger partial charge in [0.2, 0.25) is 0 Å². The van der Waals surface area contributed by atoms with Crippen molar-refractivity contribution in [3.8, 4) is 0 Å². The van der Waals surface area contributed by atoms with E-state index < -0.39 is 5.43 Å². The van der Waals surface area contributed by atoms with Gasteiger partial charge in [0, 0.05) is 44.3 Å². The number of carbonyl (C=O) groups excluding carboxylic acids is 2. The fourth-order valence-corrected chi connectivity index (χ4v) is 4.03. The van der Waals surface area contributed by atoms with Crippen molar-refractivity contribution in [3.05, 3.63) is 158 Å². The monoisotopic (exact) mass is 644 g/mol. The first-order valence-corrected chi connectivity index (χ1v) is 15.8. The predicted molar refractivity (Wildman–Crippen MR) is 192 cm³/mol. The Morgan fingerprint density at radius 2 is 0.935 bits per heavy atom. The van der Waals surface area contributed by atoms with Crippen LogP contribution in [0, 0.1) is 0 Å². The van der Waals surface area contributed by atoms with Crippen LogP contribution in [-0.4, -0.2) is 47.5 Å². The van der Waals surface area contributed by atoms with Gasteiger partial charge < -0.3 is 14.4 Å². The first-order chi connectivity index (χ1) is 22.4. The van der Waals surface area contributed by atoms with E-state index in [2.05, 4.69) is 66.3 Å².